The minimum Gasteiger partial charge on any atom is -0.489 e. The van der Waals surface area contributed by atoms with Gasteiger partial charge in [-0.2, -0.15) is 0 Å². The van der Waals surface area contributed by atoms with Crippen LogP contribution in [-0.2, 0) is 38.6 Å². The number of hydrogen-bond acceptors (Lipinski definition) is 7. The molecule has 3 N–H and O–H groups in total. The summed E-state index contributed by atoms with van der Waals surface area (Å²) in [6.07, 6.45) is 6.85. The first-order valence-corrected chi connectivity index (χ1v) is 18.6. The number of carbonyl (C=O) groups is 5. The molecule has 54 heavy (non-hydrogen) atoms. The highest BCUT2D eigenvalue weighted by atomic mass is 16.6. The molecule has 5 atom stereocenters. The number of carbonyl (C=O) groups excluding carboxylic acids is 4. The van der Waals surface area contributed by atoms with Crippen molar-refractivity contribution in [3.05, 3.63) is 113 Å². The molecule has 0 heterocycles. The zero-order valence-corrected chi connectivity index (χ0v) is 31.7. The lowest BCUT2D eigenvalue weighted by Gasteiger charge is -2.33. The second kappa shape index (κ2) is 17.6. The molecule has 286 valence electrons. The fourth-order valence-electron chi connectivity index (χ4n) is 6.91. The van der Waals surface area contributed by atoms with Crippen LogP contribution in [0.25, 0.3) is 0 Å². The lowest BCUT2D eigenvalue weighted by Crippen LogP contribution is -2.54. The minimum absolute atomic E-state index is 0.131. The van der Waals surface area contributed by atoms with Gasteiger partial charge in [0.2, 0.25) is 11.8 Å². The van der Waals surface area contributed by atoms with Crippen molar-refractivity contribution in [1.29, 1.82) is 0 Å². The number of aromatic carboxylic acids is 1. The molecule has 11 heteroatoms. The first-order chi connectivity index (χ1) is 25.7. The van der Waals surface area contributed by atoms with Crippen molar-refractivity contribution in [3.63, 3.8) is 0 Å². The van der Waals surface area contributed by atoms with Gasteiger partial charge in [0.1, 0.15) is 24.0 Å². The lowest BCUT2D eigenvalue weighted by atomic mass is 9.76. The molecule has 0 aliphatic heterocycles. The highest BCUT2D eigenvalue weighted by Crippen LogP contribution is 2.33. The second-order valence-corrected chi connectivity index (χ2v) is 15.2. The van der Waals surface area contributed by atoms with E-state index in [0.717, 1.165) is 36.0 Å². The van der Waals surface area contributed by atoms with Crippen LogP contribution in [0, 0.1) is 11.8 Å². The first kappa shape index (κ1) is 39.8. The minimum atomic E-state index is -1.00. The Morgan fingerprint density at radius 1 is 0.889 bits per heavy atom. The molecule has 5 rings (SSSR count). The van der Waals surface area contributed by atoms with Crippen molar-refractivity contribution in [3.8, 4) is 5.75 Å². The maximum absolute atomic E-state index is 14.6. The third-order valence-electron chi connectivity index (χ3n) is 10.1. The van der Waals surface area contributed by atoms with E-state index in [1.165, 1.54) is 29.6 Å². The molecule has 0 spiro atoms. The summed E-state index contributed by atoms with van der Waals surface area (Å²) in [6, 6.07) is 19.7. The number of carboxylic acid groups (broad SMARTS) is 1. The number of carboxylic acids is 1. The molecule has 2 aliphatic carbocycles. The number of ketones is 1. The quantitative estimate of drug-likeness (QED) is 0.166. The van der Waals surface area contributed by atoms with Gasteiger partial charge in [-0.3, -0.25) is 19.3 Å². The van der Waals surface area contributed by atoms with Crippen LogP contribution in [0.3, 0.4) is 0 Å². The lowest BCUT2D eigenvalue weighted by molar-refractivity contribution is -0.137. The predicted molar refractivity (Wildman–Crippen MR) is 204 cm³/mol. The van der Waals surface area contributed by atoms with Crippen molar-refractivity contribution in [1.82, 2.24) is 15.5 Å². The van der Waals surface area contributed by atoms with E-state index in [1.807, 2.05) is 36.4 Å². The van der Waals surface area contributed by atoms with Gasteiger partial charge in [-0.25, -0.2) is 9.59 Å². The standard InChI is InChI=1S/C43H51N3O8/c1-27(46(5)42(52)54-43(2,3)4)39(48)45-37(25-28-19-23-32(24-20-28)53-26-29-17-21-31(22-18-29)41(50)51)38(47)34-14-8-9-15-35(34)40(49)44-36-16-10-12-30-11-6-7-13-33(30)36/h6-9,11,13,17-24,27,34-37H,10,12,14-16,25-26H2,1-5H3,(H,44,49)(H,45,48)(H,50,51). The van der Waals surface area contributed by atoms with Crippen LogP contribution in [0.4, 0.5) is 4.79 Å². The Hall–Kier alpha value is -5.45. The molecule has 0 fully saturated rings. The maximum Gasteiger partial charge on any atom is 0.410 e. The van der Waals surface area contributed by atoms with Gasteiger partial charge in [-0.05, 0) is 113 Å². The summed E-state index contributed by atoms with van der Waals surface area (Å²) in [4.78, 5) is 67.4. The van der Waals surface area contributed by atoms with E-state index >= 15 is 0 Å². The largest absolute Gasteiger partial charge is 0.489 e. The number of nitrogens with one attached hydrogen (secondary N) is 2. The summed E-state index contributed by atoms with van der Waals surface area (Å²) in [5.41, 5.74) is 3.33. The van der Waals surface area contributed by atoms with Crippen LogP contribution >= 0.6 is 0 Å². The number of fused-ring (bicyclic) bond motifs is 1. The molecule has 0 saturated heterocycles. The van der Waals surface area contributed by atoms with Crippen LogP contribution in [-0.4, -0.2) is 64.4 Å². The predicted octanol–water partition coefficient (Wildman–Crippen LogP) is 6.59. The Morgan fingerprint density at radius 3 is 2.20 bits per heavy atom. The number of nitrogens with zero attached hydrogens (tertiary/aromatic N) is 1. The molecule has 0 saturated carbocycles. The molecule has 0 radical (unpaired) electrons. The highest BCUT2D eigenvalue weighted by Gasteiger charge is 2.39. The molecular formula is C43H51N3O8. The molecule has 5 unspecified atom stereocenters. The van der Waals surface area contributed by atoms with Gasteiger partial charge in [-0.1, -0.05) is 60.7 Å². The van der Waals surface area contributed by atoms with Crippen molar-refractivity contribution in [2.45, 2.75) is 96.6 Å². The van der Waals surface area contributed by atoms with E-state index in [4.69, 9.17) is 14.6 Å². The van der Waals surface area contributed by atoms with Crippen LogP contribution in [0.1, 0.15) is 92.0 Å². The van der Waals surface area contributed by atoms with Gasteiger partial charge in [0.25, 0.3) is 0 Å². The van der Waals surface area contributed by atoms with Crippen LogP contribution in [0.5, 0.6) is 5.75 Å². The average Bonchev–Trinajstić information content (AvgIpc) is 3.16. The summed E-state index contributed by atoms with van der Waals surface area (Å²) in [6.45, 7) is 7.02. The van der Waals surface area contributed by atoms with Crippen LogP contribution in [0.2, 0.25) is 0 Å². The molecule has 2 aliphatic rings. The molecule has 11 nitrogen and oxygen atoms in total. The molecular weight excluding hydrogens is 686 g/mol. The number of likely N-dealkylation sites (N-methyl/N-ethyl adjacent to an activating group) is 1. The van der Waals surface area contributed by atoms with Gasteiger partial charge < -0.3 is 25.2 Å². The van der Waals surface area contributed by atoms with E-state index in [2.05, 4.69) is 22.8 Å². The third kappa shape index (κ3) is 10.4. The molecule has 3 aromatic carbocycles. The Balaban J connectivity index is 1.33. The summed E-state index contributed by atoms with van der Waals surface area (Å²) >= 11 is 0. The SMILES string of the molecule is CC(C(=O)NC(Cc1ccc(OCc2ccc(C(=O)O)cc2)cc1)C(=O)C1CC=CCC1C(=O)NC1CCCc2ccccc21)N(C)C(=O)OC(C)(C)C. The smallest absolute Gasteiger partial charge is 0.410 e. The number of benzene rings is 3. The number of Topliss-reactive ketones (excluding diaryl/α,β-unsaturated/α-hetero) is 1. The summed E-state index contributed by atoms with van der Waals surface area (Å²) in [5, 5.41) is 15.3. The highest BCUT2D eigenvalue weighted by molar-refractivity contribution is 5.96. The molecule has 3 amide bonds. The number of aryl methyl sites for hydroxylation is 1. The Morgan fingerprint density at radius 2 is 1.54 bits per heavy atom. The van der Waals surface area contributed by atoms with Crippen LogP contribution < -0.4 is 15.4 Å². The number of amides is 3. The normalized spacial score (nSPS) is 19.0. The van der Waals surface area contributed by atoms with E-state index in [1.54, 1.807) is 52.0 Å². The monoisotopic (exact) mass is 737 g/mol. The van der Waals surface area contributed by atoms with E-state index < -0.39 is 47.5 Å². The first-order valence-electron chi connectivity index (χ1n) is 18.6. The number of hydrogen-bond donors (Lipinski definition) is 3. The van der Waals surface area contributed by atoms with Gasteiger partial charge in [0.05, 0.1) is 23.6 Å². The van der Waals surface area contributed by atoms with Crippen molar-refractivity contribution >= 4 is 29.7 Å². The average molecular weight is 738 g/mol. The van der Waals surface area contributed by atoms with Gasteiger partial charge in [-0.15, -0.1) is 0 Å². The Kier molecular flexibility index (Phi) is 12.9. The van der Waals surface area contributed by atoms with E-state index in [-0.39, 0.29) is 36.3 Å². The van der Waals surface area contributed by atoms with Gasteiger partial charge in [0, 0.05) is 13.0 Å². The summed E-state index contributed by atoms with van der Waals surface area (Å²) < 4.78 is 11.4. The summed E-state index contributed by atoms with van der Waals surface area (Å²) in [5.74, 6) is -2.68. The molecule has 0 bridgehead atoms. The fourth-order valence-corrected chi connectivity index (χ4v) is 6.91. The van der Waals surface area contributed by atoms with E-state index in [0.29, 0.717) is 18.6 Å². The van der Waals surface area contributed by atoms with Gasteiger partial charge >= 0.3 is 12.1 Å². The number of ether oxygens (including phenoxy) is 2. The van der Waals surface area contributed by atoms with Crippen molar-refractivity contribution in [2.75, 3.05) is 7.05 Å². The van der Waals surface area contributed by atoms with Crippen molar-refractivity contribution in [2.24, 2.45) is 11.8 Å². The Labute approximate surface area is 317 Å². The van der Waals surface area contributed by atoms with Crippen molar-refractivity contribution < 1.29 is 38.6 Å². The third-order valence-corrected chi connectivity index (χ3v) is 10.1. The fraction of sp³-hybridized carbons (Fsp3) is 0.419. The topological polar surface area (TPSA) is 151 Å². The second-order valence-electron chi connectivity index (χ2n) is 15.2. The zero-order chi connectivity index (χ0) is 39.0. The van der Waals surface area contributed by atoms with E-state index in [9.17, 15) is 24.0 Å². The van der Waals surface area contributed by atoms with Gasteiger partial charge in [0.15, 0.2) is 5.78 Å². The number of rotatable bonds is 13. The Bertz CT molecular complexity index is 1850. The maximum atomic E-state index is 14.6. The molecule has 0 aromatic heterocycles. The zero-order valence-electron chi connectivity index (χ0n) is 31.7. The summed E-state index contributed by atoms with van der Waals surface area (Å²) in [7, 11) is 1.48. The van der Waals surface area contributed by atoms with Crippen LogP contribution in [0.15, 0.2) is 84.9 Å². The molecule has 3 aromatic rings. The number of allylic oxidation sites excluding steroid dienone is 2.